The highest BCUT2D eigenvalue weighted by Gasteiger charge is 2.42. The van der Waals surface area contributed by atoms with Crippen LogP contribution >= 0.6 is 15.9 Å². The van der Waals surface area contributed by atoms with E-state index in [9.17, 15) is 9.59 Å². The number of amides is 1. The second-order valence-corrected chi connectivity index (χ2v) is 10.6. The lowest BCUT2D eigenvalue weighted by atomic mass is 9.70. The quantitative estimate of drug-likeness (QED) is 0.563. The summed E-state index contributed by atoms with van der Waals surface area (Å²) in [4.78, 5) is 30.6. The molecule has 3 aliphatic rings. The maximum Gasteiger partial charge on any atom is 0.272 e. The molecule has 0 radical (unpaired) electrons. The Morgan fingerprint density at radius 1 is 1.31 bits per heavy atom. The summed E-state index contributed by atoms with van der Waals surface area (Å²) >= 11 is 3.40. The van der Waals surface area contributed by atoms with E-state index in [1.807, 2.05) is 24.3 Å². The molecule has 0 bridgehead atoms. The molecule has 2 aliphatic carbocycles. The Morgan fingerprint density at radius 2 is 2.12 bits per heavy atom. The molecule has 32 heavy (non-hydrogen) atoms. The highest BCUT2D eigenvalue weighted by Crippen LogP contribution is 2.47. The molecule has 1 saturated carbocycles. The highest BCUT2D eigenvalue weighted by molar-refractivity contribution is 9.10. The van der Waals surface area contributed by atoms with Crippen LogP contribution in [0.15, 0.2) is 40.1 Å². The predicted octanol–water partition coefficient (Wildman–Crippen LogP) is 4.57. The minimum absolute atomic E-state index is 0.110. The SMILES string of the molecule is CC1(C)CC(=O)C2=C(C1)Nc1[nH]nc(C(=O)NCC3CC3)c1C2/C=C/c1ccc(Br)cn1. The Bertz CT molecular complexity index is 1140. The molecule has 1 amide bonds. The molecule has 5 rings (SSSR count). The lowest BCUT2D eigenvalue weighted by Crippen LogP contribution is -2.34. The van der Waals surface area contributed by atoms with Crippen molar-refractivity contribution in [2.45, 2.75) is 45.4 Å². The van der Waals surface area contributed by atoms with Gasteiger partial charge in [0.15, 0.2) is 11.5 Å². The van der Waals surface area contributed by atoms with Gasteiger partial charge in [0, 0.05) is 46.4 Å². The zero-order valence-corrected chi connectivity index (χ0v) is 19.8. The number of H-pyrrole nitrogens is 1. The van der Waals surface area contributed by atoms with Crippen LogP contribution in [0.25, 0.3) is 6.08 Å². The van der Waals surface area contributed by atoms with Crippen molar-refractivity contribution < 1.29 is 9.59 Å². The van der Waals surface area contributed by atoms with Crippen molar-refractivity contribution in [2.75, 3.05) is 11.9 Å². The van der Waals surface area contributed by atoms with Gasteiger partial charge in [-0.2, -0.15) is 5.10 Å². The maximum absolute atomic E-state index is 13.3. The number of aromatic nitrogens is 3. The molecule has 2 aromatic rings. The Morgan fingerprint density at radius 3 is 2.84 bits per heavy atom. The zero-order chi connectivity index (χ0) is 22.5. The number of hydrogen-bond donors (Lipinski definition) is 3. The van der Waals surface area contributed by atoms with Crippen LogP contribution in [-0.2, 0) is 4.79 Å². The largest absolute Gasteiger partial charge is 0.350 e. The van der Waals surface area contributed by atoms with Crippen molar-refractivity contribution in [1.82, 2.24) is 20.5 Å². The molecule has 8 heteroatoms. The normalized spacial score (nSPS) is 21.8. The van der Waals surface area contributed by atoms with Gasteiger partial charge in [0.2, 0.25) is 0 Å². The first kappa shape index (κ1) is 21.1. The van der Waals surface area contributed by atoms with Crippen molar-refractivity contribution in [2.24, 2.45) is 11.3 Å². The van der Waals surface area contributed by atoms with E-state index in [0.717, 1.165) is 46.3 Å². The molecular formula is C24H26BrN5O2. The van der Waals surface area contributed by atoms with E-state index in [-0.39, 0.29) is 23.0 Å². The van der Waals surface area contributed by atoms with Gasteiger partial charge in [0.25, 0.3) is 5.91 Å². The van der Waals surface area contributed by atoms with Crippen molar-refractivity contribution in [3.8, 4) is 0 Å². The second-order valence-electron chi connectivity index (χ2n) is 9.71. The third kappa shape index (κ3) is 4.16. The van der Waals surface area contributed by atoms with E-state index in [4.69, 9.17) is 0 Å². The molecule has 3 N–H and O–H groups in total. The Kier molecular flexibility index (Phi) is 5.28. The van der Waals surface area contributed by atoms with Gasteiger partial charge in [-0.05, 0) is 64.7 Å². The summed E-state index contributed by atoms with van der Waals surface area (Å²) in [5.41, 5.74) is 3.36. The number of fused-ring (bicyclic) bond motifs is 1. The van der Waals surface area contributed by atoms with E-state index >= 15 is 0 Å². The molecule has 1 unspecified atom stereocenters. The molecule has 166 valence electrons. The predicted molar refractivity (Wildman–Crippen MR) is 126 cm³/mol. The topological polar surface area (TPSA) is 99.8 Å². The number of aromatic amines is 1. The van der Waals surface area contributed by atoms with Crippen LogP contribution in [0, 0.1) is 11.3 Å². The highest BCUT2D eigenvalue weighted by atomic mass is 79.9. The lowest BCUT2D eigenvalue weighted by Gasteiger charge is -2.37. The third-order valence-corrected chi connectivity index (χ3v) is 6.76. The minimum Gasteiger partial charge on any atom is -0.350 e. The van der Waals surface area contributed by atoms with E-state index in [2.05, 4.69) is 55.6 Å². The van der Waals surface area contributed by atoms with E-state index in [1.54, 1.807) is 6.20 Å². The third-order valence-electron chi connectivity index (χ3n) is 6.29. The summed E-state index contributed by atoms with van der Waals surface area (Å²) in [5, 5.41) is 13.7. The zero-order valence-electron chi connectivity index (χ0n) is 18.2. The number of ketones is 1. The Labute approximate surface area is 195 Å². The van der Waals surface area contributed by atoms with Crippen molar-refractivity contribution in [1.29, 1.82) is 0 Å². The van der Waals surface area contributed by atoms with Crippen LogP contribution in [0.4, 0.5) is 5.82 Å². The summed E-state index contributed by atoms with van der Waals surface area (Å²) < 4.78 is 0.901. The first-order valence-electron chi connectivity index (χ1n) is 11.0. The van der Waals surface area contributed by atoms with Crippen LogP contribution in [0.2, 0.25) is 0 Å². The van der Waals surface area contributed by atoms with Gasteiger partial charge in [-0.1, -0.05) is 19.9 Å². The van der Waals surface area contributed by atoms with Crippen LogP contribution < -0.4 is 10.6 Å². The number of pyridine rings is 1. The van der Waals surface area contributed by atoms with Crippen LogP contribution in [0.5, 0.6) is 0 Å². The van der Waals surface area contributed by atoms with Crippen LogP contribution in [0.1, 0.15) is 67.2 Å². The van der Waals surface area contributed by atoms with Gasteiger partial charge in [-0.25, -0.2) is 0 Å². The summed E-state index contributed by atoms with van der Waals surface area (Å²) in [7, 11) is 0. The van der Waals surface area contributed by atoms with Crippen molar-refractivity contribution in [3.63, 3.8) is 0 Å². The Balaban J connectivity index is 1.54. The van der Waals surface area contributed by atoms with Gasteiger partial charge < -0.3 is 10.6 Å². The van der Waals surface area contributed by atoms with E-state index in [1.165, 1.54) is 0 Å². The summed E-state index contributed by atoms with van der Waals surface area (Å²) in [6.45, 7) is 4.87. The smallest absolute Gasteiger partial charge is 0.272 e. The molecular weight excluding hydrogens is 470 g/mol. The average molecular weight is 496 g/mol. The van der Waals surface area contributed by atoms with Crippen molar-refractivity contribution >= 4 is 39.5 Å². The number of rotatable bonds is 5. The molecule has 1 fully saturated rings. The van der Waals surface area contributed by atoms with Crippen LogP contribution in [-0.4, -0.2) is 33.4 Å². The van der Waals surface area contributed by atoms with Gasteiger partial charge in [0.1, 0.15) is 5.82 Å². The van der Waals surface area contributed by atoms with Gasteiger partial charge >= 0.3 is 0 Å². The number of nitrogens with one attached hydrogen (secondary N) is 3. The fourth-order valence-electron chi connectivity index (χ4n) is 4.54. The monoisotopic (exact) mass is 495 g/mol. The standard InChI is InChI=1S/C24H26BrN5O2/c1-24(2)9-17-19(18(31)10-24)16(8-7-15-6-5-14(25)12-26-15)20-21(29-30-22(20)28-17)23(32)27-11-13-3-4-13/h5-8,12-13,16H,3-4,9-11H2,1-2H3,(H,27,32)(H2,28,29,30)/b8-7+. The van der Waals surface area contributed by atoms with Gasteiger partial charge in [-0.15, -0.1) is 0 Å². The number of anilines is 1. The molecule has 0 aromatic carbocycles. The first-order valence-corrected chi connectivity index (χ1v) is 11.8. The number of halogens is 1. The molecule has 1 atom stereocenters. The van der Waals surface area contributed by atoms with Gasteiger partial charge in [0.05, 0.1) is 5.69 Å². The molecule has 0 spiro atoms. The molecule has 1 aliphatic heterocycles. The molecule has 0 saturated heterocycles. The van der Waals surface area contributed by atoms with E-state index in [0.29, 0.717) is 30.4 Å². The first-order chi connectivity index (χ1) is 15.3. The summed E-state index contributed by atoms with van der Waals surface area (Å²) in [6.07, 6.45) is 9.17. The lowest BCUT2D eigenvalue weighted by molar-refractivity contribution is -0.118. The average Bonchev–Trinajstić information content (AvgIpc) is 3.47. The molecule has 7 nitrogen and oxygen atoms in total. The maximum atomic E-state index is 13.3. The van der Waals surface area contributed by atoms with Gasteiger partial charge in [-0.3, -0.25) is 19.7 Å². The number of nitrogens with zero attached hydrogens (tertiary/aromatic N) is 2. The molecule has 3 heterocycles. The number of hydrogen-bond acceptors (Lipinski definition) is 5. The Hall–Kier alpha value is -2.74. The summed E-state index contributed by atoms with van der Waals surface area (Å²) in [5.74, 6) is 0.796. The number of carbonyl (C=O) groups is 2. The number of Topliss-reactive ketones (excluding diaryl/α,β-unsaturated/α-hetero) is 1. The van der Waals surface area contributed by atoms with Crippen LogP contribution in [0.3, 0.4) is 0 Å². The van der Waals surface area contributed by atoms with E-state index < -0.39 is 0 Å². The number of allylic oxidation sites excluding steroid dienone is 3. The fraction of sp³-hybridized carbons (Fsp3) is 0.417. The summed E-state index contributed by atoms with van der Waals surface area (Å²) in [6, 6.07) is 3.83. The minimum atomic E-state index is -0.365. The van der Waals surface area contributed by atoms with Crippen molar-refractivity contribution in [3.05, 3.63) is 57.1 Å². The number of carbonyl (C=O) groups excluding carboxylic acids is 2. The molecule has 2 aromatic heterocycles. The fourth-order valence-corrected chi connectivity index (χ4v) is 4.77. The second kappa shape index (κ2) is 7.99.